The SMILES string of the molecule is CC1C(=O)N(c2ccc(SC(F)(F)F)cc2)C(=O)N1Cc1ccncc1NC(N)=O. The number of nitrogens with two attached hydrogens (primary N) is 1. The van der Waals surface area contributed by atoms with Crippen LogP contribution in [0.3, 0.4) is 0 Å². The molecule has 1 aliphatic heterocycles. The average Bonchev–Trinajstić information content (AvgIpc) is 2.86. The molecule has 0 radical (unpaired) electrons. The number of alkyl halides is 3. The largest absolute Gasteiger partial charge is 0.446 e. The number of pyridine rings is 1. The minimum absolute atomic E-state index is 0.0115. The number of amides is 5. The Balaban J connectivity index is 1.82. The molecule has 1 aliphatic rings. The summed E-state index contributed by atoms with van der Waals surface area (Å²) < 4.78 is 37.5. The van der Waals surface area contributed by atoms with E-state index < -0.39 is 29.5 Å². The van der Waals surface area contributed by atoms with Gasteiger partial charge in [0.05, 0.1) is 24.1 Å². The van der Waals surface area contributed by atoms with Crippen LogP contribution in [0.5, 0.6) is 0 Å². The van der Waals surface area contributed by atoms with Crippen LogP contribution in [0.15, 0.2) is 47.6 Å². The Morgan fingerprint density at radius 3 is 2.50 bits per heavy atom. The van der Waals surface area contributed by atoms with Crippen molar-refractivity contribution in [1.29, 1.82) is 0 Å². The lowest BCUT2D eigenvalue weighted by Gasteiger charge is -2.21. The number of carbonyl (C=O) groups excluding carboxylic acids is 3. The third kappa shape index (κ3) is 4.64. The first-order chi connectivity index (χ1) is 14.1. The molecule has 8 nitrogen and oxygen atoms in total. The van der Waals surface area contributed by atoms with E-state index in [9.17, 15) is 27.6 Å². The molecule has 0 saturated carbocycles. The summed E-state index contributed by atoms with van der Waals surface area (Å²) in [5.74, 6) is -0.519. The van der Waals surface area contributed by atoms with Crippen molar-refractivity contribution in [3.8, 4) is 0 Å². The average molecular weight is 439 g/mol. The molecule has 30 heavy (non-hydrogen) atoms. The molecule has 0 spiro atoms. The number of hydrogen-bond acceptors (Lipinski definition) is 5. The van der Waals surface area contributed by atoms with Crippen molar-refractivity contribution < 1.29 is 27.6 Å². The first-order valence-corrected chi connectivity index (χ1v) is 9.38. The van der Waals surface area contributed by atoms with E-state index in [1.807, 2.05) is 0 Å². The van der Waals surface area contributed by atoms with Gasteiger partial charge >= 0.3 is 17.6 Å². The van der Waals surface area contributed by atoms with Gasteiger partial charge in [-0.05, 0) is 54.6 Å². The third-order valence-corrected chi connectivity index (χ3v) is 5.06. The van der Waals surface area contributed by atoms with Gasteiger partial charge in [-0.25, -0.2) is 14.5 Å². The van der Waals surface area contributed by atoms with Gasteiger partial charge in [-0.2, -0.15) is 13.2 Å². The van der Waals surface area contributed by atoms with E-state index in [1.54, 1.807) is 6.07 Å². The number of imide groups is 1. The van der Waals surface area contributed by atoms with Gasteiger partial charge in [0.25, 0.3) is 5.91 Å². The highest BCUT2D eigenvalue weighted by atomic mass is 32.2. The summed E-state index contributed by atoms with van der Waals surface area (Å²) in [4.78, 5) is 42.7. The summed E-state index contributed by atoms with van der Waals surface area (Å²) in [6, 6.07) is 4.26. The Hall–Kier alpha value is -3.28. The second kappa shape index (κ2) is 8.22. The molecule has 1 aromatic carbocycles. The van der Waals surface area contributed by atoms with Crippen molar-refractivity contribution in [2.75, 3.05) is 10.2 Å². The number of nitrogens with zero attached hydrogens (tertiary/aromatic N) is 3. The van der Waals surface area contributed by atoms with Crippen LogP contribution >= 0.6 is 11.8 Å². The van der Waals surface area contributed by atoms with Gasteiger partial charge in [0, 0.05) is 11.1 Å². The number of urea groups is 2. The van der Waals surface area contributed by atoms with Gasteiger partial charge in [-0.15, -0.1) is 0 Å². The fraction of sp³-hybridized carbons (Fsp3) is 0.222. The van der Waals surface area contributed by atoms with Crippen LogP contribution in [0.4, 0.5) is 34.1 Å². The fourth-order valence-electron chi connectivity index (χ4n) is 2.94. The number of aromatic nitrogens is 1. The van der Waals surface area contributed by atoms with Crippen LogP contribution < -0.4 is 16.0 Å². The number of carbonyl (C=O) groups is 3. The third-order valence-electron chi connectivity index (χ3n) is 4.32. The molecule has 2 aromatic rings. The van der Waals surface area contributed by atoms with Crippen LogP contribution in [0.2, 0.25) is 0 Å². The normalized spacial score (nSPS) is 16.9. The molecule has 0 aliphatic carbocycles. The number of thioether (sulfide) groups is 1. The smallest absolute Gasteiger partial charge is 0.351 e. The van der Waals surface area contributed by atoms with Crippen molar-refractivity contribution in [2.24, 2.45) is 5.73 Å². The molecule has 2 heterocycles. The summed E-state index contributed by atoms with van der Waals surface area (Å²) in [5, 5.41) is 2.40. The Labute approximate surface area is 173 Å². The lowest BCUT2D eigenvalue weighted by Crippen LogP contribution is -2.34. The second-order valence-corrected chi connectivity index (χ2v) is 7.46. The number of rotatable bonds is 5. The summed E-state index contributed by atoms with van der Waals surface area (Å²) in [5.41, 5.74) is 1.67. The molecule has 5 amide bonds. The first-order valence-electron chi connectivity index (χ1n) is 8.56. The Kier molecular flexibility index (Phi) is 5.87. The van der Waals surface area contributed by atoms with Crippen molar-refractivity contribution >= 4 is 41.1 Å². The van der Waals surface area contributed by atoms with Gasteiger partial charge in [-0.3, -0.25) is 9.78 Å². The molecule has 1 unspecified atom stereocenters. The molecule has 3 N–H and O–H groups in total. The zero-order chi connectivity index (χ0) is 22.1. The number of anilines is 2. The minimum Gasteiger partial charge on any atom is -0.351 e. The van der Waals surface area contributed by atoms with Crippen LogP contribution in [0, 0.1) is 0 Å². The van der Waals surface area contributed by atoms with E-state index in [2.05, 4.69) is 10.3 Å². The Morgan fingerprint density at radius 1 is 1.23 bits per heavy atom. The van der Waals surface area contributed by atoms with Crippen LogP contribution in [-0.2, 0) is 11.3 Å². The monoisotopic (exact) mass is 439 g/mol. The van der Waals surface area contributed by atoms with Gasteiger partial charge in [0.15, 0.2) is 0 Å². The van der Waals surface area contributed by atoms with Crippen LogP contribution in [-0.4, -0.2) is 39.4 Å². The maximum Gasteiger partial charge on any atom is 0.446 e. The zero-order valence-electron chi connectivity index (χ0n) is 15.5. The number of halogens is 3. The maximum atomic E-state index is 12.9. The van der Waals surface area contributed by atoms with Crippen LogP contribution in [0.1, 0.15) is 12.5 Å². The molecule has 0 bridgehead atoms. The van der Waals surface area contributed by atoms with Gasteiger partial charge in [0.1, 0.15) is 6.04 Å². The summed E-state index contributed by atoms with van der Waals surface area (Å²) in [6.07, 6.45) is 2.82. The summed E-state index contributed by atoms with van der Waals surface area (Å²) >= 11 is -0.287. The highest BCUT2D eigenvalue weighted by Gasteiger charge is 2.43. The first kappa shape index (κ1) is 21.4. The highest BCUT2D eigenvalue weighted by molar-refractivity contribution is 8.00. The zero-order valence-corrected chi connectivity index (χ0v) is 16.3. The van der Waals surface area contributed by atoms with Crippen molar-refractivity contribution in [3.05, 3.63) is 48.3 Å². The second-order valence-electron chi connectivity index (χ2n) is 6.32. The quantitative estimate of drug-likeness (QED) is 0.547. The topological polar surface area (TPSA) is 109 Å². The molecule has 3 rings (SSSR count). The van der Waals surface area contributed by atoms with E-state index in [-0.39, 0.29) is 28.9 Å². The predicted molar refractivity (Wildman–Crippen MR) is 104 cm³/mol. The number of nitrogens with one attached hydrogen (secondary N) is 1. The molecule has 158 valence electrons. The molecule has 1 fully saturated rings. The van der Waals surface area contributed by atoms with Gasteiger partial charge in [0.2, 0.25) is 0 Å². The number of benzene rings is 1. The molecule has 1 atom stereocenters. The molecule has 1 saturated heterocycles. The lowest BCUT2D eigenvalue weighted by molar-refractivity contribution is -0.119. The molecular weight excluding hydrogens is 423 g/mol. The fourth-order valence-corrected chi connectivity index (χ4v) is 3.48. The van der Waals surface area contributed by atoms with Gasteiger partial charge < -0.3 is 16.0 Å². The number of hydrogen-bond donors (Lipinski definition) is 2. The summed E-state index contributed by atoms with van der Waals surface area (Å²) in [7, 11) is 0. The van der Waals surface area contributed by atoms with Gasteiger partial charge in [-0.1, -0.05) is 0 Å². The van der Waals surface area contributed by atoms with Crippen molar-refractivity contribution in [3.63, 3.8) is 0 Å². The van der Waals surface area contributed by atoms with E-state index in [0.717, 1.165) is 4.90 Å². The predicted octanol–water partition coefficient (Wildman–Crippen LogP) is 3.54. The van der Waals surface area contributed by atoms with Crippen LogP contribution in [0.25, 0.3) is 0 Å². The Morgan fingerprint density at radius 2 is 1.90 bits per heavy atom. The van der Waals surface area contributed by atoms with Crippen molar-refractivity contribution in [2.45, 2.75) is 29.9 Å². The lowest BCUT2D eigenvalue weighted by atomic mass is 10.2. The highest BCUT2D eigenvalue weighted by Crippen LogP contribution is 2.38. The van der Waals surface area contributed by atoms with E-state index >= 15 is 0 Å². The molecular formula is C18H16F3N5O3S. The summed E-state index contributed by atoms with van der Waals surface area (Å²) in [6.45, 7) is 1.53. The number of primary amides is 1. The molecule has 12 heteroatoms. The van der Waals surface area contributed by atoms with E-state index in [1.165, 1.54) is 48.5 Å². The van der Waals surface area contributed by atoms with E-state index in [0.29, 0.717) is 11.3 Å². The standard InChI is InChI=1S/C18H16F3N5O3S/c1-10-15(27)26(12-2-4-13(5-3-12)30-18(19,20)21)17(29)25(10)9-11-6-7-23-8-14(11)24-16(22)28/h2-8,10H,9H2,1H3,(H3,22,24,28). The van der Waals surface area contributed by atoms with E-state index in [4.69, 9.17) is 5.73 Å². The van der Waals surface area contributed by atoms with Crippen molar-refractivity contribution in [1.82, 2.24) is 9.88 Å². The maximum absolute atomic E-state index is 12.9. The minimum atomic E-state index is -4.44. The Bertz CT molecular complexity index is 984. The molecule has 1 aromatic heterocycles.